The zero-order valence-corrected chi connectivity index (χ0v) is 25.3. The molecular formula is C31H34F2N6O3S. The van der Waals surface area contributed by atoms with Gasteiger partial charge < -0.3 is 10.1 Å². The molecule has 12 heteroatoms. The third kappa shape index (κ3) is 8.85. The van der Waals surface area contributed by atoms with Crippen LogP contribution in [0.1, 0.15) is 35.6 Å². The maximum atomic E-state index is 12.8. The molecule has 43 heavy (non-hydrogen) atoms. The van der Waals surface area contributed by atoms with Crippen molar-refractivity contribution in [2.75, 3.05) is 29.3 Å². The summed E-state index contributed by atoms with van der Waals surface area (Å²) in [6.07, 6.45) is -2.27. The van der Waals surface area contributed by atoms with E-state index in [2.05, 4.69) is 25.9 Å². The first-order valence-corrected chi connectivity index (χ1v) is 14.6. The number of amidine groups is 1. The summed E-state index contributed by atoms with van der Waals surface area (Å²) in [5.41, 5.74) is 10.8. The van der Waals surface area contributed by atoms with Crippen molar-refractivity contribution in [3.8, 4) is 5.75 Å². The Hall–Kier alpha value is -4.29. The monoisotopic (exact) mass is 608 g/mol. The van der Waals surface area contributed by atoms with Gasteiger partial charge in [-0.25, -0.2) is 10.5 Å². The van der Waals surface area contributed by atoms with Gasteiger partial charge >= 0.3 is 12.3 Å². The van der Waals surface area contributed by atoms with E-state index < -0.39 is 12.3 Å². The van der Waals surface area contributed by atoms with Gasteiger partial charge in [0, 0.05) is 13.6 Å². The molecule has 226 valence electrons. The molecule has 3 N–H and O–H groups in total. The van der Waals surface area contributed by atoms with Gasteiger partial charge in [0.25, 0.3) is 0 Å². The topological polar surface area (TPSA) is 113 Å². The maximum Gasteiger partial charge on any atom is 0.466 e. The fourth-order valence-electron chi connectivity index (χ4n) is 4.40. The Morgan fingerprint density at radius 3 is 2.49 bits per heavy atom. The van der Waals surface area contributed by atoms with Gasteiger partial charge in [0.2, 0.25) is 5.91 Å². The van der Waals surface area contributed by atoms with Crippen LogP contribution in [-0.4, -0.2) is 48.4 Å². The fraction of sp³-hybridized carbons (Fsp3) is 0.290. The third-order valence-corrected chi connectivity index (χ3v) is 7.55. The van der Waals surface area contributed by atoms with E-state index >= 15 is 0 Å². The lowest BCUT2D eigenvalue weighted by molar-refractivity contribution is -0.170. The number of halogens is 2. The number of carbonyl (C=O) groups is 2. The number of benzene rings is 3. The second kappa shape index (κ2) is 13.8. The zero-order valence-electron chi connectivity index (χ0n) is 24.4. The molecule has 1 aliphatic heterocycles. The summed E-state index contributed by atoms with van der Waals surface area (Å²) in [6.45, 7) is 6.21. The highest BCUT2D eigenvalue weighted by Gasteiger charge is 2.31. The smallest absolute Gasteiger partial charge is 0.420 e. The van der Waals surface area contributed by atoms with Crippen molar-refractivity contribution in [2.24, 2.45) is 15.8 Å². The summed E-state index contributed by atoms with van der Waals surface area (Å²) in [7, 11) is 1.76. The number of hydrazone groups is 1. The highest BCUT2D eigenvalue weighted by molar-refractivity contribution is 8.15. The highest BCUT2D eigenvalue weighted by atomic mass is 32.2. The number of hydrogen-bond acceptors (Lipinski definition) is 7. The van der Waals surface area contributed by atoms with Gasteiger partial charge in [-0.1, -0.05) is 48.2 Å². The number of amides is 3. The molecule has 3 aromatic carbocycles. The second-order valence-electron chi connectivity index (χ2n) is 10.1. The number of anilines is 2. The summed E-state index contributed by atoms with van der Waals surface area (Å²) < 4.78 is 30.0. The first-order chi connectivity index (χ1) is 20.4. The van der Waals surface area contributed by atoms with Gasteiger partial charge in [-0.15, -0.1) is 8.78 Å². The summed E-state index contributed by atoms with van der Waals surface area (Å²) >= 11 is 1.26. The molecule has 1 heterocycles. The highest BCUT2D eigenvalue weighted by Crippen LogP contribution is 2.30. The Bertz CT molecular complexity index is 1520. The molecule has 0 bridgehead atoms. The molecule has 0 aliphatic carbocycles. The van der Waals surface area contributed by atoms with Crippen molar-refractivity contribution in [3.63, 3.8) is 0 Å². The van der Waals surface area contributed by atoms with Crippen LogP contribution >= 0.6 is 11.8 Å². The van der Waals surface area contributed by atoms with Crippen LogP contribution < -0.4 is 25.7 Å². The molecule has 3 aromatic rings. The molecule has 0 radical (unpaired) electrons. The number of alkyl halides is 2. The molecule has 1 aliphatic rings. The lowest BCUT2D eigenvalue weighted by atomic mass is 10.1. The number of aliphatic imine (C=N–C) groups is 1. The van der Waals surface area contributed by atoms with Gasteiger partial charge in [-0.05, 0) is 86.2 Å². The minimum atomic E-state index is -3.74. The Morgan fingerprint density at radius 1 is 1.12 bits per heavy atom. The van der Waals surface area contributed by atoms with Crippen molar-refractivity contribution < 1.29 is 23.1 Å². The third-order valence-electron chi connectivity index (χ3n) is 6.62. The number of rotatable bonds is 10. The van der Waals surface area contributed by atoms with E-state index in [1.165, 1.54) is 28.8 Å². The Labute approximate surface area is 253 Å². The largest absolute Gasteiger partial charge is 0.466 e. The summed E-state index contributed by atoms with van der Waals surface area (Å²) in [5, 5.41) is 9.42. The van der Waals surface area contributed by atoms with E-state index in [0.29, 0.717) is 23.8 Å². The summed E-state index contributed by atoms with van der Waals surface area (Å²) in [5.74, 6) is 0.109. The lowest BCUT2D eigenvalue weighted by Gasteiger charge is -2.19. The van der Waals surface area contributed by atoms with Crippen LogP contribution in [0.15, 0.2) is 76.8 Å². The van der Waals surface area contributed by atoms with Crippen LogP contribution in [0.2, 0.25) is 0 Å². The van der Waals surface area contributed by atoms with Gasteiger partial charge in [0.15, 0.2) is 5.17 Å². The normalized spacial score (nSPS) is 14.8. The van der Waals surface area contributed by atoms with E-state index in [1.54, 1.807) is 24.2 Å². The molecule has 0 saturated carbocycles. The number of ether oxygens (including phenoxy) is 1. The van der Waals surface area contributed by atoms with Gasteiger partial charge in [-0.3, -0.25) is 14.7 Å². The average Bonchev–Trinajstić information content (AvgIpc) is 3.31. The molecule has 9 nitrogen and oxygen atoms in total. The Balaban J connectivity index is 1.27. The first-order valence-electron chi connectivity index (χ1n) is 13.6. The Morgan fingerprint density at radius 2 is 1.81 bits per heavy atom. The number of urea groups is 1. The van der Waals surface area contributed by atoms with Crippen molar-refractivity contribution >= 4 is 46.0 Å². The van der Waals surface area contributed by atoms with E-state index in [1.807, 2.05) is 63.2 Å². The van der Waals surface area contributed by atoms with Gasteiger partial charge in [0.1, 0.15) is 5.75 Å². The molecule has 0 unspecified atom stereocenters. The minimum Gasteiger partial charge on any atom is -0.420 e. The number of aryl methyl sites for hydroxylation is 3. The number of thioether (sulfide) groups is 1. The molecule has 4 rings (SSSR count). The number of nitrogens with one attached hydrogen (secondary N) is 1. The van der Waals surface area contributed by atoms with E-state index in [9.17, 15) is 18.4 Å². The molecule has 1 saturated heterocycles. The van der Waals surface area contributed by atoms with Crippen molar-refractivity contribution in [2.45, 2.75) is 39.8 Å². The Kier molecular flexibility index (Phi) is 10.1. The number of hydrogen-bond donors (Lipinski definition) is 2. The van der Waals surface area contributed by atoms with E-state index in [0.717, 1.165) is 40.1 Å². The summed E-state index contributed by atoms with van der Waals surface area (Å²) in [6, 6.07) is 19.4. The molecule has 3 amide bonds. The van der Waals surface area contributed by atoms with Crippen LogP contribution in [0.4, 0.5) is 25.0 Å². The minimum absolute atomic E-state index is 0.0436. The van der Waals surface area contributed by atoms with Crippen LogP contribution in [-0.2, 0) is 11.2 Å². The van der Waals surface area contributed by atoms with Gasteiger partial charge in [0.05, 0.1) is 22.8 Å². The van der Waals surface area contributed by atoms with Gasteiger partial charge in [-0.2, -0.15) is 10.1 Å². The lowest BCUT2D eigenvalue weighted by Crippen LogP contribution is -2.35. The number of nitrogens with zero attached hydrogens (tertiary/aromatic N) is 4. The fourth-order valence-corrected chi connectivity index (χ4v) is 5.25. The summed E-state index contributed by atoms with van der Waals surface area (Å²) in [4.78, 5) is 30.7. The maximum absolute atomic E-state index is 12.8. The first kappa shape index (κ1) is 31.6. The predicted octanol–water partition coefficient (Wildman–Crippen LogP) is 5.83. The molecule has 0 aromatic heterocycles. The average molecular weight is 609 g/mol. The van der Waals surface area contributed by atoms with Crippen LogP contribution in [0.25, 0.3) is 0 Å². The van der Waals surface area contributed by atoms with E-state index in [-0.39, 0.29) is 17.4 Å². The number of carbonyl (C=O) groups excluding carboxylic acids is 2. The molecule has 1 fully saturated rings. The second-order valence-corrected chi connectivity index (χ2v) is 11.0. The number of nitrogens with two attached hydrogens (primary N) is 1. The van der Waals surface area contributed by atoms with Crippen LogP contribution in [0.3, 0.4) is 0 Å². The van der Waals surface area contributed by atoms with Crippen LogP contribution in [0.5, 0.6) is 5.75 Å². The quantitative estimate of drug-likeness (QED) is 0.0985. The van der Waals surface area contributed by atoms with E-state index in [4.69, 9.17) is 0 Å². The van der Waals surface area contributed by atoms with Crippen molar-refractivity contribution in [1.82, 2.24) is 5.32 Å². The predicted molar refractivity (Wildman–Crippen MR) is 168 cm³/mol. The SMILES string of the molecule is C/C(=N\N(C)c1ccc(OC(N)(F)F)cc1)c1ccc(CCCNC(=O)/N=C2\SCC(=O)N2c2cc(C)ccc2C)cc1. The molecule has 0 spiro atoms. The van der Waals surface area contributed by atoms with Crippen LogP contribution in [0, 0.1) is 13.8 Å². The van der Waals surface area contributed by atoms with Crippen molar-refractivity contribution in [3.05, 3.63) is 89.0 Å². The zero-order chi connectivity index (χ0) is 31.1. The molecular weight excluding hydrogens is 574 g/mol. The molecule has 0 atom stereocenters. The standard InChI is InChI=1S/C31H34F2N6O3S/c1-20-7-8-21(2)27(18-20)39-28(40)19-43-30(39)36-29(41)35-17-5-6-23-9-11-24(12-10-23)22(3)37-38(4)25-13-15-26(16-14-25)42-31(32,33)34/h7-16,18H,5-6,17,19,34H2,1-4H3,(H,35,41)/b36-30-,37-22+. The van der Waals surface area contributed by atoms with Crippen molar-refractivity contribution in [1.29, 1.82) is 0 Å².